The summed E-state index contributed by atoms with van der Waals surface area (Å²) in [4.78, 5) is 4.59. The molecule has 0 spiro atoms. The Balaban J connectivity index is 1.73. The minimum Gasteiger partial charge on any atom is -0.316 e. The molecule has 31 heavy (non-hydrogen) atoms. The van der Waals surface area contributed by atoms with Crippen LogP contribution in [0.25, 0.3) is 44.5 Å². The predicted octanol–water partition coefficient (Wildman–Crippen LogP) is 4.21. The van der Waals surface area contributed by atoms with E-state index in [1.54, 1.807) is 12.3 Å². The first kappa shape index (κ1) is 18.9. The van der Waals surface area contributed by atoms with E-state index in [9.17, 15) is 5.26 Å². The van der Waals surface area contributed by atoms with Gasteiger partial charge in [0.25, 0.3) is 0 Å². The average molecular weight is 411 g/mol. The molecule has 0 atom stereocenters. The number of rotatable bonds is 4. The summed E-state index contributed by atoms with van der Waals surface area (Å²) in [5.41, 5.74) is 5.57. The molecule has 2 aromatic carbocycles. The zero-order valence-electron chi connectivity index (χ0n) is 16.9. The number of H-pyrrole nitrogens is 2. The van der Waals surface area contributed by atoms with Gasteiger partial charge in [0.15, 0.2) is 5.65 Å². The first-order valence-electron chi connectivity index (χ1n) is 9.75. The Hall–Kier alpha value is -4.09. The standard InChI is InChI=1S/C23H18FN7/c1-12-5-13(10-26-2)6-18(24)21(12)16-8-17-20(7-15(16)9-25)29-30-22(17)19-4-3-14-11-27-31-23(14)28-19/h3-8,11,26H,10H2,1-2H3,(H,29,30)(H,27,28,31). The lowest BCUT2D eigenvalue weighted by Crippen LogP contribution is -2.06. The topological polar surface area (TPSA) is 106 Å². The lowest BCUT2D eigenvalue weighted by atomic mass is 9.92. The monoisotopic (exact) mass is 411 g/mol. The van der Waals surface area contributed by atoms with Crippen molar-refractivity contribution in [3.8, 4) is 28.6 Å². The highest BCUT2D eigenvalue weighted by atomic mass is 19.1. The number of aryl methyl sites for hydroxylation is 1. The fraction of sp³-hybridized carbons (Fsp3) is 0.130. The van der Waals surface area contributed by atoms with E-state index in [1.807, 2.05) is 38.2 Å². The number of halogens is 1. The molecule has 0 aliphatic carbocycles. The van der Waals surface area contributed by atoms with Crippen LogP contribution in [0.4, 0.5) is 4.39 Å². The number of nitriles is 1. The Morgan fingerprint density at radius 2 is 2.03 bits per heavy atom. The molecule has 0 aliphatic heterocycles. The number of fused-ring (bicyclic) bond motifs is 2. The molecular formula is C23H18FN7. The van der Waals surface area contributed by atoms with Crippen molar-refractivity contribution in [1.82, 2.24) is 30.7 Å². The highest BCUT2D eigenvalue weighted by Crippen LogP contribution is 2.36. The third kappa shape index (κ3) is 3.12. The molecule has 0 saturated carbocycles. The Labute approximate surface area is 176 Å². The van der Waals surface area contributed by atoms with Gasteiger partial charge in [0.1, 0.15) is 11.5 Å². The molecule has 0 amide bonds. The van der Waals surface area contributed by atoms with Crippen LogP contribution < -0.4 is 5.32 Å². The highest BCUT2D eigenvalue weighted by molar-refractivity contribution is 5.97. The van der Waals surface area contributed by atoms with E-state index >= 15 is 4.39 Å². The molecule has 0 bridgehead atoms. The molecule has 8 heteroatoms. The Kier molecular flexibility index (Phi) is 4.46. The van der Waals surface area contributed by atoms with Gasteiger partial charge in [0.2, 0.25) is 0 Å². The molecule has 0 saturated heterocycles. The summed E-state index contributed by atoms with van der Waals surface area (Å²) in [7, 11) is 1.82. The second kappa shape index (κ2) is 7.31. The maximum Gasteiger partial charge on any atom is 0.155 e. The first-order chi connectivity index (χ1) is 15.1. The molecule has 3 aromatic heterocycles. The summed E-state index contributed by atoms with van der Waals surface area (Å²) in [6.45, 7) is 2.42. The second-order valence-corrected chi connectivity index (χ2v) is 7.43. The van der Waals surface area contributed by atoms with Crippen molar-refractivity contribution in [2.24, 2.45) is 0 Å². The zero-order valence-corrected chi connectivity index (χ0v) is 16.9. The molecule has 0 unspecified atom stereocenters. The number of nitrogens with zero attached hydrogens (tertiary/aromatic N) is 4. The van der Waals surface area contributed by atoms with E-state index in [0.29, 0.717) is 45.8 Å². The van der Waals surface area contributed by atoms with Gasteiger partial charge in [-0.1, -0.05) is 6.07 Å². The molecule has 0 fully saturated rings. The maximum absolute atomic E-state index is 15.1. The third-order valence-electron chi connectivity index (χ3n) is 5.36. The third-order valence-corrected chi connectivity index (χ3v) is 5.36. The van der Waals surface area contributed by atoms with Crippen LogP contribution in [0, 0.1) is 24.1 Å². The number of nitrogens with one attached hydrogen (secondary N) is 3. The lowest BCUT2D eigenvalue weighted by Gasteiger charge is -2.12. The van der Waals surface area contributed by atoms with Crippen molar-refractivity contribution in [2.45, 2.75) is 13.5 Å². The van der Waals surface area contributed by atoms with E-state index < -0.39 is 0 Å². The van der Waals surface area contributed by atoms with Crippen molar-refractivity contribution in [3.05, 3.63) is 65.1 Å². The van der Waals surface area contributed by atoms with Crippen LogP contribution in [-0.4, -0.2) is 32.4 Å². The molecule has 152 valence electrons. The minimum absolute atomic E-state index is 0.358. The summed E-state index contributed by atoms with van der Waals surface area (Å²) in [6.07, 6.45) is 1.70. The van der Waals surface area contributed by atoms with Crippen molar-refractivity contribution >= 4 is 21.9 Å². The zero-order chi connectivity index (χ0) is 21.5. The number of pyridine rings is 1. The van der Waals surface area contributed by atoms with Crippen LogP contribution in [0.5, 0.6) is 0 Å². The number of benzene rings is 2. The van der Waals surface area contributed by atoms with Crippen molar-refractivity contribution < 1.29 is 4.39 Å². The largest absolute Gasteiger partial charge is 0.316 e. The number of aromatic amines is 2. The molecule has 3 heterocycles. The second-order valence-electron chi connectivity index (χ2n) is 7.43. The van der Waals surface area contributed by atoms with Crippen LogP contribution in [-0.2, 0) is 6.54 Å². The van der Waals surface area contributed by atoms with Crippen LogP contribution >= 0.6 is 0 Å². The quantitative estimate of drug-likeness (QED) is 0.411. The molecule has 0 aliphatic rings. The van der Waals surface area contributed by atoms with Gasteiger partial charge in [-0.2, -0.15) is 15.5 Å². The van der Waals surface area contributed by atoms with Crippen molar-refractivity contribution in [2.75, 3.05) is 7.05 Å². The summed E-state index contributed by atoms with van der Waals surface area (Å²) >= 11 is 0. The van der Waals surface area contributed by atoms with Gasteiger partial charge in [-0.05, 0) is 55.4 Å². The van der Waals surface area contributed by atoms with Gasteiger partial charge < -0.3 is 5.32 Å². The fourth-order valence-corrected chi connectivity index (χ4v) is 3.98. The van der Waals surface area contributed by atoms with E-state index in [-0.39, 0.29) is 5.82 Å². The smallest absolute Gasteiger partial charge is 0.155 e. The van der Waals surface area contributed by atoms with Crippen LogP contribution in [0.3, 0.4) is 0 Å². The van der Waals surface area contributed by atoms with Gasteiger partial charge in [0.05, 0.1) is 29.0 Å². The number of hydrogen-bond donors (Lipinski definition) is 3. The lowest BCUT2D eigenvalue weighted by molar-refractivity contribution is 0.626. The summed E-state index contributed by atoms with van der Waals surface area (Å²) in [6, 6.07) is 12.9. The van der Waals surface area contributed by atoms with Crippen LogP contribution in [0.1, 0.15) is 16.7 Å². The van der Waals surface area contributed by atoms with Crippen LogP contribution in [0.2, 0.25) is 0 Å². The Bertz CT molecular complexity index is 1470. The van der Waals surface area contributed by atoms with E-state index in [2.05, 4.69) is 36.8 Å². The van der Waals surface area contributed by atoms with Gasteiger partial charge in [-0.15, -0.1) is 0 Å². The van der Waals surface area contributed by atoms with E-state index in [0.717, 1.165) is 21.9 Å². The van der Waals surface area contributed by atoms with Gasteiger partial charge in [-0.3, -0.25) is 10.2 Å². The molecular weight excluding hydrogens is 393 g/mol. The van der Waals surface area contributed by atoms with Gasteiger partial charge in [0, 0.05) is 28.4 Å². The summed E-state index contributed by atoms with van der Waals surface area (Å²) in [5, 5.41) is 28.7. The normalized spacial score (nSPS) is 11.3. The molecule has 0 radical (unpaired) electrons. The van der Waals surface area contributed by atoms with Crippen LogP contribution in [0.15, 0.2) is 42.6 Å². The SMILES string of the molecule is CNCc1cc(C)c(-c2cc3c(-c4ccc5cn[nH]c5n4)n[nH]c3cc2C#N)c(F)c1. The first-order valence-corrected chi connectivity index (χ1v) is 9.75. The Morgan fingerprint density at radius 1 is 1.16 bits per heavy atom. The fourth-order valence-electron chi connectivity index (χ4n) is 3.98. The Morgan fingerprint density at radius 3 is 2.81 bits per heavy atom. The average Bonchev–Trinajstić information content (AvgIpc) is 3.38. The summed E-state index contributed by atoms with van der Waals surface area (Å²) in [5.74, 6) is -0.358. The molecule has 5 rings (SSSR count). The molecule has 7 nitrogen and oxygen atoms in total. The van der Waals surface area contributed by atoms with E-state index in [4.69, 9.17) is 0 Å². The molecule has 5 aromatic rings. The predicted molar refractivity (Wildman–Crippen MR) is 117 cm³/mol. The van der Waals surface area contributed by atoms with Gasteiger partial charge in [-0.25, -0.2) is 9.37 Å². The van der Waals surface area contributed by atoms with Crippen molar-refractivity contribution in [3.63, 3.8) is 0 Å². The maximum atomic E-state index is 15.1. The van der Waals surface area contributed by atoms with Gasteiger partial charge >= 0.3 is 0 Å². The number of aromatic nitrogens is 5. The van der Waals surface area contributed by atoms with Crippen molar-refractivity contribution in [1.29, 1.82) is 5.26 Å². The highest BCUT2D eigenvalue weighted by Gasteiger charge is 2.19. The minimum atomic E-state index is -0.358. The van der Waals surface area contributed by atoms with E-state index in [1.165, 1.54) is 6.07 Å². The summed E-state index contributed by atoms with van der Waals surface area (Å²) < 4.78 is 15.1. The number of hydrogen-bond acceptors (Lipinski definition) is 5. The molecule has 3 N–H and O–H groups in total.